The summed E-state index contributed by atoms with van der Waals surface area (Å²) in [5, 5.41) is 0. The number of methoxy groups -OCH3 is 1. The zero-order valence-electron chi connectivity index (χ0n) is 11.9. The minimum absolute atomic E-state index is 0.897. The Bertz CT molecular complexity index is 535. The van der Waals surface area contributed by atoms with Gasteiger partial charge in [0.1, 0.15) is 5.75 Å². The summed E-state index contributed by atoms with van der Waals surface area (Å²) in [5.41, 5.74) is 3.94. The van der Waals surface area contributed by atoms with E-state index in [2.05, 4.69) is 51.5 Å². The second kappa shape index (κ2) is 6.16. The molecule has 2 rings (SSSR count). The predicted molar refractivity (Wildman–Crippen MR) is 82.1 cm³/mol. The van der Waals surface area contributed by atoms with Crippen LogP contribution < -0.4 is 4.74 Å². The van der Waals surface area contributed by atoms with E-state index in [-0.39, 0.29) is 0 Å². The molecule has 2 aromatic rings. The van der Waals surface area contributed by atoms with Gasteiger partial charge in [0.15, 0.2) is 0 Å². The quantitative estimate of drug-likeness (QED) is 0.771. The summed E-state index contributed by atoms with van der Waals surface area (Å²) in [6, 6.07) is 12.7. The van der Waals surface area contributed by atoms with Crippen LogP contribution in [0, 0.1) is 20.3 Å². The van der Waals surface area contributed by atoms with E-state index in [0.717, 1.165) is 5.75 Å². The van der Waals surface area contributed by atoms with Crippen molar-refractivity contribution in [3.8, 4) is 5.75 Å². The molecule has 1 radical (unpaired) electrons. The molecule has 2 aromatic carbocycles. The molecule has 0 heterocycles. The Hall–Kier alpha value is -1.41. The molecule has 0 amide bonds. The molecule has 0 fully saturated rings. The van der Waals surface area contributed by atoms with Gasteiger partial charge < -0.3 is 4.74 Å². The minimum Gasteiger partial charge on any atom is -0.497 e. The first-order chi connectivity index (χ1) is 9.13. The van der Waals surface area contributed by atoms with E-state index in [4.69, 9.17) is 4.74 Å². The summed E-state index contributed by atoms with van der Waals surface area (Å²) in [6.45, 7) is 6.42. The highest BCUT2D eigenvalue weighted by molar-refractivity contribution is 7.99. The zero-order chi connectivity index (χ0) is 13.8. The lowest BCUT2D eigenvalue weighted by molar-refractivity contribution is 0.414. The highest BCUT2D eigenvalue weighted by Crippen LogP contribution is 2.34. The molecule has 0 aromatic heterocycles. The largest absolute Gasteiger partial charge is 0.497 e. The third kappa shape index (κ3) is 3.32. The van der Waals surface area contributed by atoms with Crippen molar-refractivity contribution in [2.45, 2.75) is 30.6 Å². The van der Waals surface area contributed by atoms with Gasteiger partial charge in [-0.25, -0.2) is 0 Å². The summed E-state index contributed by atoms with van der Waals surface area (Å²) in [4.78, 5) is 2.58. The van der Waals surface area contributed by atoms with Crippen molar-refractivity contribution in [1.82, 2.24) is 0 Å². The first-order valence-corrected chi connectivity index (χ1v) is 7.18. The molecule has 2 heteroatoms. The topological polar surface area (TPSA) is 9.23 Å². The third-order valence-electron chi connectivity index (χ3n) is 3.10. The average molecular weight is 271 g/mol. The Kier molecular flexibility index (Phi) is 4.54. The van der Waals surface area contributed by atoms with Crippen molar-refractivity contribution in [2.24, 2.45) is 0 Å². The van der Waals surface area contributed by atoms with Crippen LogP contribution in [0.2, 0.25) is 0 Å². The van der Waals surface area contributed by atoms with Crippen LogP contribution in [-0.2, 0) is 0 Å². The molecule has 0 saturated carbocycles. The molecule has 0 bridgehead atoms. The van der Waals surface area contributed by atoms with Crippen LogP contribution in [0.5, 0.6) is 5.75 Å². The van der Waals surface area contributed by atoms with Crippen molar-refractivity contribution in [3.63, 3.8) is 0 Å². The first-order valence-electron chi connectivity index (χ1n) is 6.36. The number of ether oxygens (including phenoxy) is 1. The molecular weight excluding hydrogens is 252 g/mol. The lowest BCUT2D eigenvalue weighted by atomic mass is 10.1. The number of aryl methyl sites for hydroxylation is 2. The van der Waals surface area contributed by atoms with E-state index in [9.17, 15) is 0 Å². The highest BCUT2D eigenvalue weighted by atomic mass is 32.2. The van der Waals surface area contributed by atoms with Crippen molar-refractivity contribution in [3.05, 3.63) is 59.5 Å². The standard InChI is InChI=1S/C17H19OS/c1-5-14-10-12(2)17(13(3)11-14)19-16-8-6-15(18-4)7-9-16/h5-11H,1-4H3. The Labute approximate surface area is 120 Å². The van der Waals surface area contributed by atoms with Gasteiger partial charge in [0.05, 0.1) is 7.11 Å². The summed E-state index contributed by atoms with van der Waals surface area (Å²) < 4.78 is 5.18. The minimum atomic E-state index is 0.897. The number of rotatable bonds is 4. The van der Waals surface area contributed by atoms with Crippen molar-refractivity contribution in [1.29, 1.82) is 0 Å². The normalized spacial score (nSPS) is 10.5. The van der Waals surface area contributed by atoms with Crippen molar-refractivity contribution >= 4 is 11.8 Å². The van der Waals surface area contributed by atoms with Crippen molar-refractivity contribution < 1.29 is 4.74 Å². The fourth-order valence-corrected chi connectivity index (χ4v) is 3.02. The predicted octanol–water partition coefficient (Wildman–Crippen LogP) is 5.04. The van der Waals surface area contributed by atoms with Gasteiger partial charge in [0.2, 0.25) is 0 Å². The van der Waals surface area contributed by atoms with Gasteiger partial charge in [-0.15, -0.1) is 0 Å². The monoisotopic (exact) mass is 271 g/mol. The number of benzene rings is 2. The average Bonchev–Trinajstić information content (AvgIpc) is 2.43. The van der Waals surface area contributed by atoms with Crippen LogP contribution in [0.4, 0.5) is 0 Å². The van der Waals surface area contributed by atoms with E-state index in [1.54, 1.807) is 7.11 Å². The number of hydrogen-bond acceptors (Lipinski definition) is 2. The molecule has 0 N–H and O–H groups in total. The van der Waals surface area contributed by atoms with E-state index in [0.29, 0.717) is 0 Å². The fourth-order valence-electron chi connectivity index (χ4n) is 2.07. The summed E-state index contributed by atoms with van der Waals surface area (Å²) in [6.07, 6.45) is 2.14. The van der Waals surface area contributed by atoms with Gasteiger partial charge in [-0.2, -0.15) is 0 Å². The molecule has 99 valence electrons. The van der Waals surface area contributed by atoms with E-state index in [1.807, 2.05) is 23.9 Å². The van der Waals surface area contributed by atoms with Crippen LogP contribution >= 0.6 is 11.8 Å². The molecule has 0 saturated heterocycles. The molecule has 0 unspecified atom stereocenters. The summed E-state index contributed by atoms with van der Waals surface area (Å²) >= 11 is 1.81. The van der Waals surface area contributed by atoms with Crippen LogP contribution in [0.1, 0.15) is 23.6 Å². The maximum absolute atomic E-state index is 5.18. The van der Waals surface area contributed by atoms with Crippen molar-refractivity contribution in [2.75, 3.05) is 7.11 Å². The van der Waals surface area contributed by atoms with E-state index >= 15 is 0 Å². The van der Waals surface area contributed by atoms with Gasteiger partial charge in [-0.1, -0.05) is 30.8 Å². The third-order valence-corrected chi connectivity index (χ3v) is 4.45. The van der Waals surface area contributed by atoms with Crippen LogP contribution in [0.25, 0.3) is 0 Å². The molecule has 0 atom stereocenters. The maximum Gasteiger partial charge on any atom is 0.118 e. The van der Waals surface area contributed by atoms with Crippen LogP contribution in [-0.4, -0.2) is 7.11 Å². The molecule has 0 aliphatic heterocycles. The Morgan fingerprint density at radius 3 is 2.05 bits per heavy atom. The first kappa shape index (κ1) is 14.0. The Morgan fingerprint density at radius 1 is 1.00 bits per heavy atom. The number of hydrogen-bond donors (Lipinski definition) is 0. The van der Waals surface area contributed by atoms with Crippen LogP contribution in [0.15, 0.2) is 46.2 Å². The molecular formula is C17H19OS. The lowest BCUT2D eigenvalue weighted by Gasteiger charge is -2.12. The van der Waals surface area contributed by atoms with Crippen LogP contribution in [0.3, 0.4) is 0 Å². The Balaban J connectivity index is 2.27. The molecule has 1 nitrogen and oxygen atoms in total. The Morgan fingerprint density at radius 2 is 1.58 bits per heavy atom. The zero-order valence-corrected chi connectivity index (χ0v) is 12.7. The molecule has 0 spiro atoms. The fraction of sp³-hybridized carbons (Fsp3) is 0.235. The molecule has 0 aliphatic rings. The summed E-state index contributed by atoms with van der Waals surface area (Å²) in [7, 11) is 1.69. The maximum atomic E-state index is 5.18. The molecule has 0 aliphatic carbocycles. The van der Waals surface area contributed by atoms with Gasteiger partial charge in [0.25, 0.3) is 0 Å². The van der Waals surface area contributed by atoms with Gasteiger partial charge in [0, 0.05) is 9.79 Å². The van der Waals surface area contributed by atoms with Gasteiger partial charge in [-0.05, 0) is 61.2 Å². The highest BCUT2D eigenvalue weighted by Gasteiger charge is 2.07. The van der Waals surface area contributed by atoms with E-state index < -0.39 is 0 Å². The van der Waals surface area contributed by atoms with E-state index in [1.165, 1.54) is 26.5 Å². The lowest BCUT2D eigenvalue weighted by Crippen LogP contribution is -1.89. The summed E-state index contributed by atoms with van der Waals surface area (Å²) in [5.74, 6) is 0.897. The second-order valence-corrected chi connectivity index (χ2v) is 5.63. The molecule has 19 heavy (non-hydrogen) atoms. The second-order valence-electron chi connectivity index (χ2n) is 4.55. The SMILES string of the molecule is C[CH]c1cc(C)c(Sc2ccc(OC)cc2)c(C)c1. The van der Waals surface area contributed by atoms with Gasteiger partial charge in [-0.3, -0.25) is 0 Å². The smallest absolute Gasteiger partial charge is 0.118 e. The van der Waals surface area contributed by atoms with Gasteiger partial charge >= 0.3 is 0 Å².